The molecule has 1 unspecified atom stereocenters. The van der Waals surface area contributed by atoms with Crippen LogP contribution >= 0.6 is 0 Å². The second-order valence-corrected chi connectivity index (χ2v) is 11.7. The van der Waals surface area contributed by atoms with E-state index in [4.69, 9.17) is 0 Å². The Labute approximate surface area is 215 Å². The molecule has 3 aromatic carbocycles. The Morgan fingerprint density at radius 3 is 2.22 bits per heavy atom. The van der Waals surface area contributed by atoms with Gasteiger partial charge < -0.3 is 15.3 Å². The number of hydrogen-bond acceptors (Lipinski definition) is 6. The molecule has 0 bridgehead atoms. The summed E-state index contributed by atoms with van der Waals surface area (Å²) in [5.41, 5.74) is 2.85. The quantitative estimate of drug-likeness (QED) is 0.457. The fourth-order valence-electron chi connectivity index (χ4n) is 4.93. The molecule has 3 aromatic rings. The largest absolute Gasteiger partial charge is 0.388 e. The van der Waals surface area contributed by atoms with Gasteiger partial charge in [-0.05, 0) is 66.9 Å². The van der Waals surface area contributed by atoms with Gasteiger partial charge in [-0.2, -0.15) is 0 Å². The lowest BCUT2D eigenvalue weighted by Crippen LogP contribution is -2.36. The highest BCUT2D eigenvalue weighted by Crippen LogP contribution is 2.34. The molecular weight excluding hydrogens is 470 g/mol. The first kappa shape index (κ1) is 26.4. The molecule has 0 radical (unpaired) electrons. The maximum absolute atomic E-state index is 12.0. The molecule has 1 atom stereocenters. The van der Waals surface area contributed by atoms with Crippen LogP contribution in [0.2, 0.25) is 0 Å². The second-order valence-electron chi connectivity index (χ2n) is 9.69. The number of anilines is 1. The van der Waals surface area contributed by atoms with Crippen molar-refractivity contribution in [3.05, 3.63) is 95.6 Å². The maximum atomic E-state index is 12.0. The van der Waals surface area contributed by atoms with Crippen LogP contribution in [0.25, 0.3) is 0 Å². The molecule has 1 aliphatic heterocycles. The van der Waals surface area contributed by atoms with Gasteiger partial charge in [-0.3, -0.25) is 4.90 Å². The number of nitrogens with zero attached hydrogens (tertiary/aromatic N) is 2. The summed E-state index contributed by atoms with van der Waals surface area (Å²) < 4.78 is 23.4. The molecule has 2 N–H and O–H groups in total. The van der Waals surface area contributed by atoms with Crippen molar-refractivity contribution < 1.29 is 13.5 Å². The van der Waals surface area contributed by atoms with Crippen LogP contribution in [0.5, 0.6) is 0 Å². The van der Waals surface area contributed by atoms with Crippen LogP contribution in [-0.4, -0.2) is 69.4 Å². The van der Waals surface area contributed by atoms with E-state index in [0.29, 0.717) is 11.3 Å². The molecular formula is C29H37N3O3S. The Balaban J connectivity index is 1.41. The molecule has 0 amide bonds. The van der Waals surface area contributed by atoms with Gasteiger partial charge in [-0.1, -0.05) is 54.6 Å². The average Bonchev–Trinajstić information content (AvgIpc) is 3.12. The first-order valence-electron chi connectivity index (χ1n) is 12.6. The van der Waals surface area contributed by atoms with Gasteiger partial charge in [0, 0.05) is 45.2 Å². The van der Waals surface area contributed by atoms with E-state index in [0.717, 1.165) is 68.1 Å². The number of nitrogens with one attached hydrogen (secondary N) is 1. The highest BCUT2D eigenvalue weighted by atomic mass is 32.2. The molecule has 6 nitrogen and oxygen atoms in total. The number of aliphatic hydroxyl groups is 1. The summed E-state index contributed by atoms with van der Waals surface area (Å²) in [4.78, 5) is 5.23. The first-order chi connectivity index (χ1) is 17.3. The second kappa shape index (κ2) is 11.6. The summed E-state index contributed by atoms with van der Waals surface area (Å²) in [6.45, 7) is 5.47. The number of hydrogen-bond donors (Lipinski definition) is 2. The number of rotatable bonds is 9. The average molecular weight is 508 g/mol. The van der Waals surface area contributed by atoms with Gasteiger partial charge in [0.2, 0.25) is 0 Å². The van der Waals surface area contributed by atoms with Gasteiger partial charge in [0.15, 0.2) is 9.84 Å². The van der Waals surface area contributed by atoms with E-state index in [1.165, 1.54) is 6.26 Å². The zero-order valence-corrected chi connectivity index (χ0v) is 22.0. The van der Waals surface area contributed by atoms with E-state index in [9.17, 15) is 13.5 Å². The van der Waals surface area contributed by atoms with E-state index >= 15 is 0 Å². The number of sulfone groups is 1. The van der Waals surface area contributed by atoms with Crippen molar-refractivity contribution in [2.45, 2.75) is 29.9 Å². The van der Waals surface area contributed by atoms with Crippen molar-refractivity contribution in [2.24, 2.45) is 0 Å². The van der Waals surface area contributed by atoms with E-state index in [-0.39, 0.29) is 0 Å². The molecule has 192 valence electrons. The van der Waals surface area contributed by atoms with Crippen molar-refractivity contribution in [3.63, 3.8) is 0 Å². The molecule has 0 saturated carbocycles. The SMILES string of the molecule is CNc1cccc(C(O)(CCN2CCCN(Cc3ccc(S(C)(=O)=O)cc3)CC2)c2ccccc2)c1. The molecule has 4 rings (SSSR count). The summed E-state index contributed by atoms with van der Waals surface area (Å²) in [5.74, 6) is 0. The fourth-order valence-corrected chi connectivity index (χ4v) is 5.56. The van der Waals surface area contributed by atoms with E-state index in [1.54, 1.807) is 12.1 Å². The van der Waals surface area contributed by atoms with Gasteiger partial charge in [0.1, 0.15) is 5.60 Å². The Kier molecular flexibility index (Phi) is 8.46. The predicted molar refractivity (Wildman–Crippen MR) is 146 cm³/mol. The fraction of sp³-hybridized carbons (Fsp3) is 0.379. The Morgan fingerprint density at radius 2 is 1.53 bits per heavy atom. The molecule has 0 aliphatic carbocycles. The highest BCUT2D eigenvalue weighted by molar-refractivity contribution is 7.90. The van der Waals surface area contributed by atoms with E-state index in [1.807, 2.05) is 73.8 Å². The van der Waals surface area contributed by atoms with Crippen LogP contribution < -0.4 is 5.32 Å². The molecule has 0 aromatic heterocycles. The summed E-state index contributed by atoms with van der Waals surface area (Å²) >= 11 is 0. The lowest BCUT2D eigenvalue weighted by atomic mass is 9.83. The minimum absolute atomic E-state index is 0.361. The molecule has 36 heavy (non-hydrogen) atoms. The van der Waals surface area contributed by atoms with Crippen molar-refractivity contribution in [1.82, 2.24) is 9.80 Å². The van der Waals surface area contributed by atoms with Gasteiger partial charge in [-0.25, -0.2) is 8.42 Å². The Bertz CT molecular complexity index is 1230. The topological polar surface area (TPSA) is 72.9 Å². The predicted octanol–water partition coefficient (Wildman–Crippen LogP) is 3.97. The van der Waals surface area contributed by atoms with Crippen LogP contribution in [0.4, 0.5) is 5.69 Å². The van der Waals surface area contributed by atoms with Crippen LogP contribution in [-0.2, 0) is 22.0 Å². The van der Waals surface area contributed by atoms with E-state index < -0.39 is 15.4 Å². The third-order valence-electron chi connectivity index (χ3n) is 7.11. The van der Waals surface area contributed by atoms with Crippen molar-refractivity contribution >= 4 is 15.5 Å². The Hall–Kier alpha value is -2.71. The van der Waals surface area contributed by atoms with Crippen LogP contribution in [0.3, 0.4) is 0 Å². The highest BCUT2D eigenvalue weighted by Gasteiger charge is 2.32. The van der Waals surface area contributed by atoms with Gasteiger partial charge >= 0.3 is 0 Å². The molecule has 1 saturated heterocycles. The van der Waals surface area contributed by atoms with Crippen LogP contribution in [0.1, 0.15) is 29.5 Å². The molecule has 1 heterocycles. The van der Waals surface area contributed by atoms with Gasteiger partial charge in [0.25, 0.3) is 0 Å². The third kappa shape index (κ3) is 6.53. The molecule has 7 heteroatoms. The van der Waals surface area contributed by atoms with Crippen molar-refractivity contribution in [1.29, 1.82) is 0 Å². The summed E-state index contributed by atoms with van der Waals surface area (Å²) in [6, 6.07) is 25.2. The maximum Gasteiger partial charge on any atom is 0.175 e. The first-order valence-corrected chi connectivity index (χ1v) is 14.5. The van der Waals surface area contributed by atoms with E-state index in [2.05, 4.69) is 15.1 Å². The normalized spacial score (nSPS) is 17.3. The lowest BCUT2D eigenvalue weighted by molar-refractivity contribution is 0.0577. The Morgan fingerprint density at radius 1 is 0.861 bits per heavy atom. The summed E-state index contributed by atoms with van der Waals surface area (Å²) in [6.07, 6.45) is 2.90. The minimum atomic E-state index is -3.17. The number of benzene rings is 3. The van der Waals surface area contributed by atoms with Crippen molar-refractivity contribution in [2.75, 3.05) is 51.3 Å². The standard InChI is InChI=1S/C29H37N3O3S/c1-30-27-11-6-10-26(22-27)29(33,25-8-4-3-5-9-25)16-19-31-17-7-18-32(21-20-31)23-24-12-14-28(15-13-24)36(2,34)35/h3-6,8-15,22,30,33H,7,16-21,23H2,1-2H3. The lowest BCUT2D eigenvalue weighted by Gasteiger charge is -2.32. The van der Waals surface area contributed by atoms with Crippen LogP contribution in [0, 0.1) is 0 Å². The molecule has 1 aliphatic rings. The zero-order valence-electron chi connectivity index (χ0n) is 21.2. The zero-order chi connectivity index (χ0) is 25.6. The van der Waals surface area contributed by atoms with Crippen LogP contribution in [0.15, 0.2) is 83.8 Å². The van der Waals surface area contributed by atoms with Gasteiger partial charge in [-0.15, -0.1) is 0 Å². The monoisotopic (exact) mass is 507 g/mol. The van der Waals surface area contributed by atoms with Gasteiger partial charge in [0.05, 0.1) is 4.90 Å². The molecule has 0 spiro atoms. The third-order valence-corrected chi connectivity index (χ3v) is 8.24. The van der Waals surface area contributed by atoms with Crippen molar-refractivity contribution in [3.8, 4) is 0 Å². The minimum Gasteiger partial charge on any atom is -0.388 e. The smallest absolute Gasteiger partial charge is 0.175 e. The summed E-state index contributed by atoms with van der Waals surface area (Å²) in [7, 11) is -1.28. The molecule has 1 fully saturated rings. The summed E-state index contributed by atoms with van der Waals surface area (Å²) in [5, 5.41) is 15.2.